The van der Waals surface area contributed by atoms with Crippen LogP contribution in [-0.2, 0) is 10.0 Å². The Morgan fingerprint density at radius 1 is 1.12 bits per heavy atom. The lowest BCUT2D eigenvalue weighted by Gasteiger charge is -2.22. The standard InChI is InChI=1S/C17H21N3O3S/c1-13-12-15(14-6-3-4-7-16(14)18-13)17(21)19-8-5-9-20(11-10-19)24(2,22)23/h3-4,6-7,12H,5,8-11H2,1-2H3. The van der Waals surface area contributed by atoms with Gasteiger partial charge in [0.05, 0.1) is 17.3 Å². The molecule has 1 amide bonds. The van der Waals surface area contributed by atoms with Crippen LogP contribution in [0, 0.1) is 6.92 Å². The van der Waals surface area contributed by atoms with Crippen molar-refractivity contribution in [3.63, 3.8) is 0 Å². The third-order valence-electron chi connectivity index (χ3n) is 4.29. The van der Waals surface area contributed by atoms with E-state index in [0.717, 1.165) is 16.6 Å². The molecule has 6 nitrogen and oxygen atoms in total. The van der Waals surface area contributed by atoms with Crippen molar-refractivity contribution in [2.45, 2.75) is 13.3 Å². The lowest BCUT2D eigenvalue weighted by atomic mass is 10.1. The van der Waals surface area contributed by atoms with Crippen LogP contribution in [0.1, 0.15) is 22.5 Å². The number of aromatic nitrogens is 1. The van der Waals surface area contributed by atoms with Gasteiger partial charge in [-0.05, 0) is 25.5 Å². The van der Waals surface area contributed by atoms with E-state index >= 15 is 0 Å². The maximum Gasteiger partial charge on any atom is 0.254 e. The van der Waals surface area contributed by atoms with Gasteiger partial charge in [-0.25, -0.2) is 12.7 Å². The van der Waals surface area contributed by atoms with Gasteiger partial charge in [0.1, 0.15) is 0 Å². The fourth-order valence-electron chi connectivity index (χ4n) is 3.08. The Bertz CT molecular complexity index is 880. The molecule has 0 N–H and O–H groups in total. The van der Waals surface area contributed by atoms with E-state index in [0.29, 0.717) is 38.2 Å². The fraction of sp³-hybridized carbons (Fsp3) is 0.412. The van der Waals surface area contributed by atoms with E-state index in [1.54, 1.807) is 4.90 Å². The van der Waals surface area contributed by atoms with Crippen LogP contribution in [0.3, 0.4) is 0 Å². The zero-order chi connectivity index (χ0) is 17.3. The predicted octanol–water partition coefficient (Wildman–Crippen LogP) is 1.65. The lowest BCUT2D eigenvalue weighted by Crippen LogP contribution is -2.37. The molecular weight excluding hydrogens is 326 g/mol. The SMILES string of the molecule is Cc1cc(C(=O)N2CCCN(S(C)(=O)=O)CC2)c2ccccc2n1. The van der Waals surface area contributed by atoms with Crippen molar-refractivity contribution in [3.8, 4) is 0 Å². The molecule has 0 bridgehead atoms. The zero-order valence-electron chi connectivity index (χ0n) is 13.9. The highest BCUT2D eigenvalue weighted by Crippen LogP contribution is 2.21. The molecule has 7 heteroatoms. The second kappa shape index (κ2) is 6.49. The molecule has 1 aliphatic heterocycles. The molecule has 0 radical (unpaired) electrons. The number of hydrogen-bond acceptors (Lipinski definition) is 4. The van der Waals surface area contributed by atoms with Gasteiger partial charge >= 0.3 is 0 Å². The maximum absolute atomic E-state index is 13.0. The number of para-hydroxylation sites is 1. The minimum Gasteiger partial charge on any atom is -0.337 e. The quantitative estimate of drug-likeness (QED) is 0.828. The van der Waals surface area contributed by atoms with Gasteiger partial charge in [0.2, 0.25) is 10.0 Å². The van der Waals surface area contributed by atoms with Gasteiger partial charge in [-0.3, -0.25) is 9.78 Å². The third kappa shape index (κ3) is 3.42. The average Bonchev–Trinajstić information content (AvgIpc) is 2.79. The maximum atomic E-state index is 13.0. The minimum atomic E-state index is -3.22. The monoisotopic (exact) mass is 347 g/mol. The molecule has 0 saturated carbocycles. The minimum absolute atomic E-state index is 0.0629. The first kappa shape index (κ1) is 16.9. The highest BCUT2D eigenvalue weighted by Gasteiger charge is 2.25. The number of sulfonamides is 1. The smallest absolute Gasteiger partial charge is 0.254 e. The summed E-state index contributed by atoms with van der Waals surface area (Å²) in [6.07, 6.45) is 1.85. The first-order chi connectivity index (χ1) is 11.4. The molecule has 1 aliphatic rings. The molecular formula is C17H21N3O3S. The van der Waals surface area contributed by atoms with Crippen molar-refractivity contribution in [2.24, 2.45) is 0 Å². The normalized spacial score (nSPS) is 17.0. The van der Waals surface area contributed by atoms with Crippen molar-refractivity contribution >= 4 is 26.8 Å². The molecule has 0 spiro atoms. The number of rotatable bonds is 2. The molecule has 1 fully saturated rings. The number of hydrogen-bond donors (Lipinski definition) is 0. The van der Waals surface area contributed by atoms with Gasteiger partial charge in [0.25, 0.3) is 5.91 Å². The first-order valence-electron chi connectivity index (χ1n) is 7.97. The summed E-state index contributed by atoms with van der Waals surface area (Å²) in [5.41, 5.74) is 2.23. The predicted molar refractivity (Wildman–Crippen MR) is 93.4 cm³/mol. The summed E-state index contributed by atoms with van der Waals surface area (Å²) in [5, 5.41) is 0.831. The molecule has 0 unspecified atom stereocenters. The largest absolute Gasteiger partial charge is 0.337 e. The molecule has 1 aromatic carbocycles. The van der Waals surface area contributed by atoms with Crippen LogP contribution in [-0.4, -0.2) is 60.9 Å². The van der Waals surface area contributed by atoms with E-state index in [2.05, 4.69) is 4.98 Å². The highest BCUT2D eigenvalue weighted by molar-refractivity contribution is 7.88. The Morgan fingerprint density at radius 2 is 1.88 bits per heavy atom. The molecule has 0 atom stereocenters. The number of pyridine rings is 1. The number of aryl methyl sites for hydroxylation is 1. The van der Waals surface area contributed by atoms with E-state index in [-0.39, 0.29) is 5.91 Å². The van der Waals surface area contributed by atoms with Gasteiger partial charge in [-0.15, -0.1) is 0 Å². The Morgan fingerprint density at radius 3 is 2.62 bits per heavy atom. The van der Waals surface area contributed by atoms with Gasteiger partial charge < -0.3 is 4.90 Å². The van der Waals surface area contributed by atoms with Crippen LogP contribution >= 0.6 is 0 Å². The Kier molecular flexibility index (Phi) is 4.56. The van der Waals surface area contributed by atoms with Crippen molar-refractivity contribution in [3.05, 3.63) is 41.6 Å². The highest BCUT2D eigenvalue weighted by atomic mass is 32.2. The fourth-order valence-corrected chi connectivity index (χ4v) is 3.96. The molecule has 3 rings (SSSR count). The summed E-state index contributed by atoms with van der Waals surface area (Å²) in [6.45, 7) is 3.63. The van der Waals surface area contributed by atoms with Crippen LogP contribution in [0.15, 0.2) is 30.3 Å². The molecule has 24 heavy (non-hydrogen) atoms. The molecule has 128 valence electrons. The van der Waals surface area contributed by atoms with Gasteiger partial charge in [-0.2, -0.15) is 0 Å². The second-order valence-corrected chi connectivity index (χ2v) is 8.12. The van der Waals surface area contributed by atoms with Gasteiger partial charge in [0, 0.05) is 37.3 Å². The Hall–Kier alpha value is -1.99. The van der Waals surface area contributed by atoms with Crippen molar-refractivity contribution in [1.29, 1.82) is 0 Å². The van der Waals surface area contributed by atoms with E-state index in [1.165, 1.54) is 10.6 Å². The topological polar surface area (TPSA) is 70.6 Å². The summed E-state index contributed by atoms with van der Waals surface area (Å²) >= 11 is 0. The summed E-state index contributed by atoms with van der Waals surface area (Å²) in [6, 6.07) is 9.40. The van der Waals surface area contributed by atoms with E-state index in [1.807, 2.05) is 37.3 Å². The van der Waals surface area contributed by atoms with Gasteiger partial charge in [-0.1, -0.05) is 18.2 Å². The third-order valence-corrected chi connectivity index (χ3v) is 5.59. The number of carbonyl (C=O) groups excluding carboxylic acids is 1. The lowest BCUT2D eigenvalue weighted by molar-refractivity contribution is 0.0766. The zero-order valence-corrected chi connectivity index (χ0v) is 14.7. The Labute approximate surface area is 142 Å². The molecule has 2 aromatic rings. The summed E-state index contributed by atoms with van der Waals surface area (Å²) in [7, 11) is -3.22. The Balaban J connectivity index is 1.90. The number of amides is 1. The van der Waals surface area contributed by atoms with Crippen LogP contribution < -0.4 is 0 Å². The summed E-state index contributed by atoms with van der Waals surface area (Å²) in [5.74, 6) is -0.0629. The van der Waals surface area contributed by atoms with Crippen molar-refractivity contribution < 1.29 is 13.2 Å². The number of carbonyl (C=O) groups is 1. The number of fused-ring (bicyclic) bond motifs is 1. The van der Waals surface area contributed by atoms with E-state index in [4.69, 9.17) is 0 Å². The molecule has 1 aromatic heterocycles. The average molecular weight is 347 g/mol. The van der Waals surface area contributed by atoms with E-state index in [9.17, 15) is 13.2 Å². The summed E-state index contributed by atoms with van der Waals surface area (Å²) < 4.78 is 24.9. The van der Waals surface area contributed by atoms with Crippen molar-refractivity contribution in [2.75, 3.05) is 32.4 Å². The second-order valence-electron chi connectivity index (χ2n) is 6.14. The number of nitrogens with zero attached hydrogens (tertiary/aromatic N) is 3. The molecule has 1 saturated heterocycles. The number of benzene rings is 1. The molecule has 2 heterocycles. The summed E-state index contributed by atoms with van der Waals surface area (Å²) in [4.78, 5) is 19.2. The van der Waals surface area contributed by atoms with Gasteiger partial charge in [0.15, 0.2) is 0 Å². The van der Waals surface area contributed by atoms with Crippen molar-refractivity contribution in [1.82, 2.24) is 14.2 Å². The first-order valence-corrected chi connectivity index (χ1v) is 9.82. The van der Waals surface area contributed by atoms with Crippen LogP contribution in [0.25, 0.3) is 10.9 Å². The van der Waals surface area contributed by atoms with Crippen LogP contribution in [0.2, 0.25) is 0 Å². The van der Waals surface area contributed by atoms with E-state index < -0.39 is 10.0 Å². The van der Waals surface area contributed by atoms with Crippen LogP contribution in [0.4, 0.5) is 0 Å². The van der Waals surface area contributed by atoms with Crippen LogP contribution in [0.5, 0.6) is 0 Å². The molecule has 0 aliphatic carbocycles.